The Morgan fingerprint density at radius 2 is 1.68 bits per heavy atom. The highest BCUT2D eigenvalue weighted by Crippen LogP contribution is 2.27. The molecule has 2 aromatic carbocycles. The average molecular weight is 293 g/mol. The SMILES string of the molecule is COC(=O)c1cncc(-c2ccc3cc(OC)ccc3c2)c1. The van der Waals surface area contributed by atoms with Gasteiger partial charge in [-0.3, -0.25) is 4.98 Å². The highest BCUT2D eigenvalue weighted by Gasteiger charge is 2.08. The largest absolute Gasteiger partial charge is 0.497 e. The number of methoxy groups -OCH3 is 2. The van der Waals surface area contributed by atoms with Crippen LogP contribution in [0.25, 0.3) is 21.9 Å². The van der Waals surface area contributed by atoms with Crippen LogP contribution >= 0.6 is 0 Å². The second-order valence-electron chi connectivity index (χ2n) is 4.88. The monoisotopic (exact) mass is 293 g/mol. The minimum atomic E-state index is -0.389. The lowest BCUT2D eigenvalue weighted by Crippen LogP contribution is -2.01. The van der Waals surface area contributed by atoms with Crippen LogP contribution in [0.1, 0.15) is 10.4 Å². The Balaban J connectivity index is 2.05. The number of ether oxygens (including phenoxy) is 2. The van der Waals surface area contributed by atoms with Crippen molar-refractivity contribution in [1.29, 1.82) is 0 Å². The molecule has 3 aromatic rings. The van der Waals surface area contributed by atoms with Crippen LogP contribution in [0.3, 0.4) is 0 Å². The third kappa shape index (κ3) is 2.63. The van der Waals surface area contributed by atoms with Crippen LogP contribution in [0.5, 0.6) is 5.75 Å². The van der Waals surface area contributed by atoms with Crippen molar-refractivity contribution in [2.75, 3.05) is 14.2 Å². The molecule has 22 heavy (non-hydrogen) atoms. The summed E-state index contributed by atoms with van der Waals surface area (Å²) in [6.07, 6.45) is 3.23. The van der Waals surface area contributed by atoms with Gasteiger partial charge in [0.2, 0.25) is 0 Å². The van der Waals surface area contributed by atoms with Crippen LogP contribution in [0.15, 0.2) is 54.9 Å². The molecule has 0 spiro atoms. The quantitative estimate of drug-likeness (QED) is 0.691. The number of hydrogen-bond donors (Lipinski definition) is 0. The van der Waals surface area contributed by atoms with Gasteiger partial charge in [0.1, 0.15) is 5.75 Å². The van der Waals surface area contributed by atoms with Crippen molar-refractivity contribution >= 4 is 16.7 Å². The Labute approximate surface area is 128 Å². The molecule has 0 radical (unpaired) electrons. The molecule has 0 atom stereocenters. The first-order valence-corrected chi connectivity index (χ1v) is 6.83. The highest BCUT2D eigenvalue weighted by atomic mass is 16.5. The van der Waals surface area contributed by atoms with Gasteiger partial charge in [-0.15, -0.1) is 0 Å². The number of esters is 1. The average Bonchev–Trinajstić information content (AvgIpc) is 2.60. The van der Waals surface area contributed by atoms with E-state index in [0.717, 1.165) is 27.6 Å². The number of hydrogen-bond acceptors (Lipinski definition) is 4. The second-order valence-corrected chi connectivity index (χ2v) is 4.88. The number of carbonyl (C=O) groups is 1. The molecule has 1 aromatic heterocycles. The van der Waals surface area contributed by atoms with Gasteiger partial charge in [0, 0.05) is 18.0 Å². The van der Waals surface area contributed by atoms with Gasteiger partial charge in [-0.05, 0) is 40.6 Å². The summed E-state index contributed by atoms with van der Waals surface area (Å²) in [6, 6.07) is 13.8. The normalized spacial score (nSPS) is 10.5. The molecule has 0 bridgehead atoms. The zero-order valence-corrected chi connectivity index (χ0v) is 12.4. The smallest absolute Gasteiger partial charge is 0.339 e. The van der Waals surface area contributed by atoms with Crippen LogP contribution in [0, 0.1) is 0 Å². The van der Waals surface area contributed by atoms with Crippen molar-refractivity contribution in [3.63, 3.8) is 0 Å². The summed E-state index contributed by atoms with van der Waals surface area (Å²) in [7, 11) is 3.01. The van der Waals surface area contributed by atoms with E-state index in [4.69, 9.17) is 9.47 Å². The maximum absolute atomic E-state index is 11.6. The summed E-state index contributed by atoms with van der Waals surface area (Å²) in [4.78, 5) is 15.7. The van der Waals surface area contributed by atoms with Crippen LogP contribution in [0.4, 0.5) is 0 Å². The molecule has 0 saturated heterocycles. The zero-order valence-electron chi connectivity index (χ0n) is 12.4. The lowest BCUT2D eigenvalue weighted by molar-refractivity contribution is 0.0600. The summed E-state index contributed by atoms with van der Waals surface area (Å²) < 4.78 is 9.96. The molecule has 0 amide bonds. The summed E-state index contributed by atoms with van der Waals surface area (Å²) in [6.45, 7) is 0. The molecule has 0 aliphatic carbocycles. The summed E-state index contributed by atoms with van der Waals surface area (Å²) in [5.41, 5.74) is 2.31. The van der Waals surface area contributed by atoms with Crippen molar-refractivity contribution in [2.45, 2.75) is 0 Å². The van der Waals surface area contributed by atoms with Crippen molar-refractivity contribution in [3.05, 3.63) is 60.4 Å². The Hall–Kier alpha value is -2.88. The molecule has 0 fully saturated rings. The van der Waals surface area contributed by atoms with E-state index in [2.05, 4.69) is 11.1 Å². The van der Waals surface area contributed by atoms with Gasteiger partial charge >= 0.3 is 5.97 Å². The topological polar surface area (TPSA) is 48.4 Å². The second kappa shape index (κ2) is 5.85. The third-order valence-corrected chi connectivity index (χ3v) is 3.54. The number of pyridine rings is 1. The predicted molar refractivity (Wildman–Crippen MR) is 85.1 cm³/mol. The van der Waals surface area contributed by atoms with E-state index in [1.807, 2.05) is 30.3 Å². The van der Waals surface area contributed by atoms with Crippen LogP contribution in [-0.4, -0.2) is 25.2 Å². The number of rotatable bonds is 3. The van der Waals surface area contributed by atoms with Crippen LogP contribution < -0.4 is 4.74 Å². The molecule has 0 aliphatic rings. The Bertz CT molecular complexity index is 843. The van der Waals surface area contributed by atoms with Crippen molar-refractivity contribution in [2.24, 2.45) is 0 Å². The third-order valence-electron chi connectivity index (χ3n) is 3.54. The Morgan fingerprint density at radius 1 is 0.909 bits per heavy atom. The number of nitrogens with zero attached hydrogens (tertiary/aromatic N) is 1. The van der Waals surface area contributed by atoms with E-state index in [-0.39, 0.29) is 5.97 Å². The molecule has 0 unspecified atom stereocenters. The fraction of sp³-hybridized carbons (Fsp3) is 0.111. The molecule has 0 N–H and O–H groups in total. The first kappa shape index (κ1) is 14.1. The first-order valence-electron chi connectivity index (χ1n) is 6.83. The van der Waals surface area contributed by atoms with E-state index in [1.54, 1.807) is 19.4 Å². The van der Waals surface area contributed by atoms with Crippen LogP contribution in [-0.2, 0) is 4.74 Å². The number of aromatic nitrogens is 1. The maximum Gasteiger partial charge on any atom is 0.339 e. The maximum atomic E-state index is 11.6. The summed E-state index contributed by atoms with van der Waals surface area (Å²) in [5, 5.41) is 2.20. The van der Waals surface area contributed by atoms with Gasteiger partial charge in [0.05, 0.1) is 19.8 Å². The predicted octanol–water partition coefficient (Wildman–Crippen LogP) is 3.70. The van der Waals surface area contributed by atoms with Gasteiger partial charge in [-0.25, -0.2) is 4.79 Å². The lowest BCUT2D eigenvalue weighted by atomic mass is 10.0. The van der Waals surface area contributed by atoms with Crippen molar-refractivity contribution in [3.8, 4) is 16.9 Å². The molecule has 0 saturated carbocycles. The molecule has 4 nitrogen and oxygen atoms in total. The molecular weight excluding hydrogens is 278 g/mol. The first-order chi connectivity index (χ1) is 10.7. The van der Waals surface area contributed by atoms with E-state index in [9.17, 15) is 4.79 Å². The van der Waals surface area contributed by atoms with Crippen molar-refractivity contribution in [1.82, 2.24) is 4.98 Å². The fourth-order valence-electron chi connectivity index (χ4n) is 2.36. The lowest BCUT2D eigenvalue weighted by Gasteiger charge is -2.07. The fourth-order valence-corrected chi connectivity index (χ4v) is 2.36. The standard InChI is InChI=1S/C18H15NO3/c1-21-17-6-5-12-7-13(3-4-14(12)9-17)15-8-16(11-19-10-15)18(20)22-2/h3-11H,1-2H3. The molecule has 1 heterocycles. The highest BCUT2D eigenvalue weighted by molar-refractivity contribution is 5.92. The van der Waals surface area contributed by atoms with E-state index < -0.39 is 0 Å². The van der Waals surface area contributed by atoms with E-state index in [0.29, 0.717) is 5.56 Å². The van der Waals surface area contributed by atoms with Gasteiger partial charge in [-0.1, -0.05) is 18.2 Å². The summed E-state index contributed by atoms with van der Waals surface area (Å²) in [5.74, 6) is 0.439. The van der Waals surface area contributed by atoms with Gasteiger partial charge in [0.25, 0.3) is 0 Å². The van der Waals surface area contributed by atoms with Crippen LogP contribution in [0.2, 0.25) is 0 Å². The minimum Gasteiger partial charge on any atom is -0.497 e. The zero-order chi connectivity index (χ0) is 15.5. The van der Waals surface area contributed by atoms with E-state index >= 15 is 0 Å². The molecule has 0 aliphatic heterocycles. The van der Waals surface area contributed by atoms with Gasteiger partial charge in [0.15, 0.2) is 0 Å². The van der Waals surface area contributed by atoms with E-state index in [1.165, 1.54) is 13.3 Å². The van der Waals surface area contributed by atoms with Crippen molar-refractivity contribution < 1.29 is 14.3 Å². The molecule has 4 heteroatoms. The minimum absolute atomic E-state index is 0.389. The number of benzene rings is 2. The molecule has 3 rings (SSSR count). The van der Waals surface area contributed by atoms with Gasteiger partial charge in [-0.2, -0.15) is 0 Å². The Kier molecular flexibility index (Phi) is 3.74. The van der Waals surface area contributed by atoms with Gasteiger partial charge < -0.3 is 9.47 Å². The molecule has 110 valence electrons. The number of fused-ring (bicyclic) bond motifs is 1. The Morgan fingerprint density at radius 3 is 2.45 bits per heavy atom. The molecular formula is C18H15NO3. The summed E-state index contributed by atoms with van der Waals surface area (Å²) >= 11 is 0. The number of carbonyl (C=O) groups excluding carboxylic acids is 1.